The van der Waals surface area contributed by atoms with Crippen LogP contribution in [0.4, 0.5) is 5.69 Å². The molecule has 0 saturated heterocycles. The summed E-state index contributed by atoms with van der Waals surface area (Å²) in [6.45, 7) is 5.67. The van der Waals surface area contributed by atoms with Crippen LogP contribution in [0.15, 0.2) is 35.4 Å². The number of amides is 1. The molecule has 5 N–H and O–H groups in total. The summed E-state index contributed by atoms with van der Waals surface area (Å²) >= 11 is 0. The number of nitrogens with two attached hydrogens (primary N) is 2. The van der Waals surface area contributed by atoms with Gasteiger partial charge in [0, 0.05) is 6.08 Å². The van der Waals surface area contributed by atoms with Crippen LogP contribution in [0.2, 0.25) is 0 Å². The van der Waals surface area contributed by atoms with Gasteiger partial charge in [-0.25, -0.2) is 0 Å². The van der Waals surface area contributed by atoms with Crippen LogP contribution in [0, 0.1) is 13.8 Å². The van der Waals surface area contributed by atoms with Gasteiger partial charge in [-0.3, -0.25) is 4.79 Å². The van der Waals surface area contributed by atoms with Crippen LogP contribution in [0.3, 0.4) is 0 Å². The van der Waals surface area contributed by atoms with E-state index in [0.717, 1.165) is 16.8 Å². The minimum atomic E-state index is -1.21. The van der Waals surface area contributed by atoms with Crippen molar-refractivity contribution in [3.8, 4) is 5.75 Å². The zero-order valence-corrected chi connectivity index (χ0v) is 12.1. The van der Waals surface area contributed by atoms with E-state index < -0.39 is 11.6 Å². The van der Waals surface area contributed by atoms with E-state index in [4.69, 9.17) is 20.9 Å². The number of benzene rings is 1. The van der Waals surface area contributed by atoms with Crippen LogP contribution >= 0.6 is 0 Å². The summed E-state index contributed by atoms with van der Waals surface area (Å²) in [5.74, 6) is 0.480. The number of primary amides is 1. The SMILES string of the molecule is CC1=C[C@]2(Nc3cc(C)cc(C)c3O2)C(C(N)=O)=C(N)O1. The van der Waals surface area contributed by atoms with Gasteiger partial charge in [0.05, 0.1) is 5.69 Å². The number of rotatable bonds is 1. The van der Waals surface area contributed by atoms with Crippen molar-refractivity contribution >= 4 is 11.6 Å². The topological polar surface area (TPSA) is 99.6 Å². The highest BCUT2D eigenvalue weighted by Gasteiger charge is 2.48. The average Bonchev–Trinajstić information content (AvgIpc) is 2.65. The molecule has 0 aromatic heterocycles. The highest BCUT2D eigenvalue weighted by molar-refractivity contribution is 5.97. The number of fused-ring (bicyclic) bond motifs is 1. The van der Waals surface area contributed by atoms with Gasteiger partial charge < -0.3 is 26.3 Å². The predicted molar refractivity (Wildman–Crippen MR) is 78.1 cm³/mol. The van der Waals surface area contributed by atoms with Crippen LogP contribution in [0.25, 0.3) is 0 Å². The Bertz CT molecular complexity index is 721. The monoisotopic (exact) mass is 287 g/mol. The smallest absolute Gasteiger partial charge is 0.256 e. The van der Waals surface area contributed by atoms with Crippen molar-refractivity contribution in [3.05, 3.63) is 46.6 Å². The lowest BCUT2D eigenvalue weighted by Gasteiger charge is -2.31. The van der Waals surface area contributed by atoms with Crippen LogP contribution in [0.5, 0.6) is 5.75 Å². The Labute approximate surface area is 122 Å². The van der Waals surface area contributed by atoms with E-state index in [0.29, 0.717) is 11.5 Å². The standard InChI is InChI=1S/C15H17N3O3/c1-7-4-8(2)12-10(5-7)18-15(21-12)6-9(3)20-14(17)11(15)13(16)19/h4-6,18H,17H2,1-3H3,(H2,16,19)/t15-/m1/s1. The molecule has 1 spiro atoms. The maximum absolute atomic E-state index is 11.8. The fourth-order valence-corrected chi connectivity index (χ4v) is 2.85. The van der Waals surface area contributed by atoms with Gasteiger partial charge in [0.15, 0.2) is 0 Å². The molecule has 0 fully saturated rings. The van der Waals surface area contributed by atoms with Gasteiger partial charge in [-0.2, -0.15) is 0 Å². The lowest BCUT2D eigenvalue weighted by Crippen LogP contribution is -2.48. The van der Waals surface area contributed by atoms with Crippen LogP contribution < -0.4 is 21.5 Å². The highest BCUT2D eigenvalue weighted by atomic mass is 16.5. The fourth-order valence-electron chi connectivity index (χ4n) is 2.85. The molecule has 3 rings (SSSR count). The molecular formula is C15H17N3O3. The summed E-state index contributed by atoms with van der Waals surface area (Å²) in [6, 6.07) is 3.96. The van der Waals surface area contributed by atoms with Gasteiger partial charge in [0.25, 0.3) is 5.91 Å². The quantitative estimate of drug-likeness (QED) is 0.725. The first-order valence-corrected chi connectivity index (χ1v) is 6.58. The van der Waals surface area contributed by atoms with Gasteiger partial charge in [-0.1, -0.05) is 6.07 Å². The Kier molecular flexibility index (Phi) is 2.66. The van der Waals surface area contributed by atoms with Gasteiger partial charge >= 0.3 is 0 Å². The number of hydrogen-bond donors (Lipinski definition) is 3. The third-order valence-electron chi connectivity index (χ3n) is 3.54. The molecule has 0 saturated carbocycles. The third kappa shape index (κ3) is 1.91. The molecule has 2 aliphatic heterocycles. The van der Waals surface area contributed by atoms with E-state index in [9.17, 15) is 4.79 Å². The second-order valence-electron chi connectivity index (χ2n) is 5.38. The molecule has 0 radical (unpaired) electrons. The van der Waals surface area contributed by atoms with E-state index in [1.165, 1.54) is 0 Å². The first-order valence-electron chi connectivity index (χ1n) is 6.58. The zero-order valence-electron chi connectivity index (χ0n) is 12.1. The number of ether oxygens (including phenoxy) is 2. The largest absolute Gasteiger partial charge is 0.457 e. The van der Waals surface area contributed by atoms with Crippen LogP contribution in [-0.4, -0.2) is 11.6 Å². The molecule has 0 unspecified atom stereocenters. The van der Waals surface area contributed by atoms with E-state index in [1.807, 2.05) is 26.0 Å². The molecule has 21 heavy (non-hydrogen) atoms. The minimum absolute atomic E-state index is 0.0443. The van der Waals surface area contributed by atoms with Crippen LogP contribution in [-0.2, 0) is 9.53 Å². The third-order valence-corrected chi connectivity index (χ3v) is 3.54. The summed E-state index contributed by atoms with van der Waals surface area (Å²) in [4.78, 5) is 11.8. The molecule has 2 aliphatic rings. The number of nitrogens with one attached hydrogen (secondary N) is 1. The van der Waals surface area contributed by atoms with Gasteiger partial charge in [0.2, 0.25) is 11.6 Å². The summed E-state index contributed by atoms with van der Waals surface area (Å²) < 4.78 is 11.3. The number of carbonyl (C=O) groups excluding carboxylic acids is 1. The Morgan fingerprint density at radius 2 is 2.00 bits per heavy atom. The maximum atomic E-state index is 11.8. The second-order valence-corrected chi connectivity index (χ2v) is 5.38. The van der Waals surface area contributed by atoms with E-state index in [2.05, 4.69) is 5.32 Å². The molecule has 1 aromatic rings. The molecule has 1 atom stereocenters. The van der Waals surface area contributed by atoms with Crippen molar-refractivity contribution in [1.82, 2.24) is 0 Å². The maximum Gasteiger partial charge on any atom is 0.256 e. The molecular weight excluding hydrogens is 270 g/mol. The van der Waals surface area contributed by atoms with Gasteiger partial charge in [0.1, 0.15) is 17.1 Å². The molecule has 2 heterocycles. The molecule has 110 valence electrons. The Morgan fingerprint density at radius 3 is 2.67 bits per heavy atom. The number of allylic oxidation sites excluding steroid dienone is 1. The summed E-state index contributed by atoms with van der Waals surface area (Å²) in [5.41, 5.74) is 13.0. The lowest BCUT2D eigenvalue weighted by atomic mass is 9.99. The van der Waals surface area contributed by atoms with E-state index >= 15 is 0 Å². The number of hydrogen-bond acceptors (Lipinski definition) is 5. The average molecular weight is 287 g/mol. The Morgan fingerprint density at radius 1 is 1.29 bits per heavy atom. The summed E-state index contributed by atoms with van der Waals surface area (Å²) in [6.07, 6.45) is 1.66. The number of anilines is 1. The molecule has 0 bridgehead atoms. The molecule has 1 amide bonds. The van der Waals surface area contributed by atoms with Crippen molar-refractivity contribution in [3.63, 3.8) is 0 Å². The molecule has 6 heteroatoms. The zero-order chi connectivity index (χ0) is 15.4. The fraction of sp³-hybridized carbons (Fsp3) is 0.267. The van der Waals surface area contributed by atoms with Crippen molar-refractivity contribution in [1.29, 1.82) is 0 Å². The first-order chi connectivity index (χ1) is 9.82. The molecule has 1 aromatic carbocycles. The van der Waals surface area contributed by atoms with Crippen molar-refractivity contribution in [2.24, 2.45) is 11.5 Å². The minimum Gasteiger partial charge on any atom is -0.457 e. The number of carbonyl (C=O) groups is 1. The highest BCUT2D eigenvalue weighted by Crippen LogP contribution is 2.45. The van der Waals surface area contributed by atoms with E-state index in [-0.39, 0.29) is 11.5 Å². The van der Waals surface area contributed by atoms with Crippen LogP contribution in [0.1, 0.15) is 18.1 Å². The molecule has 0 aliphatic carbocycles. The van der Waals surface area contributed by atoms with Gasteiger partial charge in [-0.15, -0.1) is 0 Å². The second kappa shape index (κ2) is 4.18. The number of aryl methyl sites for hydroxylation is 2. The Hall–Kier alpha value is -2.63. The van der Waals surface area contributed by atoms with Crippen molar-refractivity contribution < 1.29 is 14.3 Å². The first kappa shape index (κ1) is 13.4. The van der Waals surface area contributed by atoms with Crippen molar-refractivity contribution in [2.75, 3.05) is 5.32 Å². The van der Waals surface area contributed by atoms with Crippen molar-refractivity contribution in [2.45, 2.75) is 26.5 Å². The lowest BCUT2D eigenvalue weighted by molar-refractivity contribution is -0.116. The normalized spacial score (nSPS) is 23.1. The Balaban J connectivity index is 2.16. The van der Waals surface area contributed by atoms with E-state index in [1.54, 1.807) is 13.0 Å². The summed E-state index contributed by atoms with van der Waals surface area (Å²) in [5, 5.41) is 3.21. The predicted octanol–water partition coefficient (Wildman–Crippen LogP) is 1.39. The molecule has 6 nitrogen and oxygen atoms in total. The summed E-state index contributed by atoms with van der Waals surface area (Å²) in [7, 11) is 0. The van der Waals surface area contributed by atoms with Gasteiger partial charge in [-0.05, 0) is 38.0 Å².